The molecular weight excluding hydrogens is 260 g/mol. The highest BCUT2D eigenvalue weighted by atomic mass is 16.2. The molecule has 1 saturated carbocycles. The van der Waals surface area contributed by atoms with Crippen molar-refractivity contribution in [3.05, 3.63) is 35.4 Å². The van der Waals surface area contributed by atoms with Gasteiger partial charge in [0.2, 0.25) is 5.91 Å². The fraction of sp³-hybridized carbons (Fsp3) is 0.611. The normalized spacial score (nSPS) is 21.5. The van der Waals surface area contributed by atoms with Crippen LogP contribution in [0.3, 0.4) is 0 Å². The molecule has 1 aromatic carbocycles. The Balaban J connectivity index is 1.78. The monoisotopic (exact) mass is 286 g/mol. The molecule has 0 aromatic heterocycles. The zero-order valence-corrected chi connectivity index (χ0v) is 12.8. The summed E-state index contributed by atoms with van der Waals surface area (Å²) < 4.78 is 0. The molecule has 3 heteroatoms. The summed E-state index contributed by atoms with van der Waals surface area (Å²) in [6, 6.07) is 8.48. The highest BCUT2D eigenvalue weighted by Crippen LogP contribution is 2.37. The summed E-state index contributed by atoms with van der Waals surface area (Å²) in [6.07, 6.45) is 7.71. The summed E-state index contributed by atoms with van der Waals surface area (Å²) >= 11 is 0. The van der Waals surface area contributed by atoms with Crippen molar-refractivity contribution in [1.29, 1.82) is 0 Å². The molecule has 1 heterocycles. The van der Waals surface area contributed by atoms with Gasteiger partial charge in [0.15, 0.2) is 0 Å². The number of hydrogen-bond donors (Lipinski definition) is 1. The van der Waals surface area contributed by atoms with Gasteiger partial charge in [-0.25, -0.2) is 0 Å². The Labute approximate surface area is 127 Å². The Hall–Kier alpha value is -1.35. The van der Waals surface area contributed by atoms with Crippen molar-refractivity contribution in [2.24, 2.45) is 11.1 Å². The fourth-order valence-electron chi connectivity index (χ4n) is 3.92. The van der Waals surface area contributed by atoms with Crippen LogP contribution in [0.25, 0.3) is 0 Å². The summed E-state index contributed by atoms with van der Waals surface area (Å²) in [5, 5.41) is 0. The third kappa shape index (κ3) is 2.84. The fourth-order valence-corrected chi connectivity index (χ4v) is 3.92. The van der Waals surface area contributed by atoms with Crippen LogP contribution in [0.4, 0.5) is 0 Å². The summed E-state index contributed by atoms with van der Waals surface area (Å²) in [5.74, 6) is 0.307. The number of benzene rings is 1. The first-order valence-electron chi connectivity index (χ1n) is 8.31. The van der Waals surface area contributed by atoms with Crippen molar-refractivity contribution in [1.82, 2.24) is 4.90 Å². The van der Waals surface area contributed by atoms with Gasteiger partial charge in [-0.05, 0) is 30.4 Å². The number of fused-ring (bicyclic) bond motifs is 1. The Morgan fingerprint density at radius 1 is 1.10 bits per heavy atom. The van der Waals surface area contributed by atoms with Gasteiger partial charge in [-0.2, -0.15) is 0 Å². The molecule has 1 aliphatic carbocycles. The van der Waals surface area contributed by atoms with E-state index in [0.29, 0.717) is 12.5 Å². The number of nitrogens with two attached hydrogens (primary N) is 1. The maximum absolute atomic E-state index is 13.1. The quantitative estimate of drug-likeness (QED) is 0.850. The zero-order valence-electron chi connectivity index (χ0n) is 12.8. The van der Waals surface area contributed by atoms with Crippen LogP contribution < -0.4 is 5.73 Å². The molecule has 0 spiro atoms. The molecule has 1 aromatic rings. The summed E-state index contributed by atoms with van der Waals surface area (Å²) in [6.45, 7) is 2.11. The molecule has 1 fully saturated rings. The lowest BCUT2D eigenvalue weighted by molar-refractivity contribution is -0.143. The number of nitrogens with zero attached hydrogens (tertiary/aromatic N) is 1. The molecule has 1 aliphatic heterocycles. The highest BCUT2D eigenvalue weighted by Gasteiger charge is 2.40. The maximum Gasteiger partial charge on any atom is 0.230 e. The van der Waals surface area contributed by atoms with E-state index in [4.69, 9.17) is 5.73 Å². The van der Waals surface area contributed by atoms with Crippen molar-refractivity contribution in [3.8, 4) is 0 Å². The van der Waals surface area contributed by atoms with Crippen LogP contribution in [0.5, 0.6) is 0 Å². The standard InChI is InChI=1S/C18H26N2O/c19-14-18(10-5-1-2-6-11-18)17(21)20-12-9-15-7-3-4-8-16(15)13-20/h3-4,7-8H,1-2,5-6,9-14,19H2. The van der Waals surface area contributed by atoms with Crippen molar-refractivity contribution in [2.45, 2.75) is 51.5 Å². The summed E-state index contributed by atoms with van der Waals surface area (Å²) in [7, 11) is 0. The first kappa shape index (κ1) is 14.6. The van der Waals surface area contributed by atoms with Gasteiger partial charge in [-0.15, -0.1) is 0 Å². The molecular formula is C18H26N2O. The minimum Gasteiger partial charge on any atom is -0.338 e. The molecule has 3 nitrogen and oxygen atoms in total. The van der Waals surface area contributed by atoms with Crippen LogP contribution in [-0.2, 0) is 17.8 Å². The second-order valence-electron chi connectivity index (χ2n) is 6.64. The van der Waals surface area contributed by atoms with E-state index in [1.54, 1.807) is 0 Å². The molecule has 21 heavy (non-hydrogen) atoms. The molecule has 0 saturated heterocycles. The average molecular weight is 286 g/mol. The van der Waals surface area contributed by atoms with Gasteiger partial charge in [-0.3, -0.25) is 4.79 Å². The molecule has 0 unspecified atom stereocenters. The van der Waals surface area contributed by atoms with E-state index in [0.717, 1.165) is 45.2 Å². The Morgan fingerprint density at radius 2 is 1.76 bits per heavy atom. The van der Waals surface area contributed by atoms with E-state index in [-0.39, 0.29) is 5.41 Å². The van der Waals surface area contributed by atoms with Gasteiger partial charge in [0, 0.05) is 19.6 Å². The SMILES string of the molecule is NCC1(C(=O)N2CCc3ccccc3C2)CCCCCC1. The number of carbonyl (C=O) groups excluding carboxylic acids is 1. The van der Waals surface area contributed by atoms with Gasteiger partial charge < -0.3 is 10.6 Å². The van der Waals surface area contributed by atoms with Gasteiger partial charge >= 0.3 is 0 Å². The topological polar surface area (TPSA) is 46.3 Å². The van der Waals surface area contributed by atoms with Gasteiger partial charge in [0.25, 0.3) is 0 Å². The second-order valence-corrected chi connectivity index (χ2v) is 6.64. The van der Waals surface area contributed by atoms with Crippen LogP contribution in [0.15, 0.2) is 24.3 Å². The van der Waals surface area contributed by atoms with Gasteiger partial charge in [0.1, 0.15) is 0 Å². The van der Waals surface area contributed by atoms with Crippen LogP contribution in [0.1, 0.15) is 49.7 Å². The largest absolute Gasteiger partial charge is 0.338 e. The van der Waals surface area contributed by atoms with Crippen molar-refractivity contribution in [3.63, 3.8) is 0 Å². The van der Waals surface area contributed by atoms with E-state index < -0.39 is 0 Å². The van der Waals surface area contributed by atoms with Crippen molar-refractivity contribution in [2.75, 3.05) is 13.1 Å². The van der Waals surface area contributed by atoms with Crippen molar-refractivity contribution >= 4 is 5.91 Å². The zero-order chi connectivity index (χ0) is 14.7. The molecule has 2 aliphatic rings. The number of rotatable bonds is 2. The van der Waals surface area contributed by atoms with E-state index in [1.807, 2.05) is 0 Å². The van der Waals surface area contributed by atoms with E-state index in [1.165, 1.54) is 24.0 Å². The lowest BCUT2D eigenvalue weighted by atomic mass is 9.78. The van der Waals surface area contributed by atoms with Crippen LogP contribution >= 0.6 is 0 Å². The first-order valence-corrected chi connectivity index (χ1v) is 8.31. The van der Waals surface area contributed by atoms with E-state index >= 15 is 0 Å². The van der Waals surface area contributed by atoms with E-state index in [2.05, 4.69) is 29.2 Å². The lowest BCUT2D eigenvalue weighted by Gasteiger charge is -2.38. The number of hydrogen-bond acceptors (Lipinski definition) is 2. The molecule has 0 radical (unpaired) electrons. The third-order valence-corrected chi connectivity index (χ3v) is 5.32. The molecule has 0 bridgehead atoms. The Kier molecular flexibility index (Phi) is 4.29. The number of amides is 1. The molecule has 0 atom stereocenters. The predicted octanol–water partition coefficient (Wildman–Crippen LogP) is 2.87. The second kappa shape index (κ2) is 6.18. The molecule has 2 N–H and O–H groups in total. The minimum atomic E-state index is -0.289. The van der Waals surface area contributed by atoms with Gasteiger partial charge in [0.05, 0.1) is 5.41 Å². The lowest BCUT2D eigenvalue weighted by Crippen LogP contribution is -2.49. The molecule has 1 amide bonds. The van der Waals surface area contributed by atoms with E-state index in [9.17, 15) is 4.79 Å². The highest BCUT2D eigenvalue weighted by molar-refractivity contribution is 5.83. The first-order chi connectivity index (χ1) is 10.2. The maximum atomic E-state index is 13.1. The summed E-state index contributed by atoms with van der Waals surface area (Å²) in [5.41, 5.74) is 8.47. The molecule has 3 rings (SSSR count). The van der Waals surface area contributed by atoms with Crippen molar-refractivity contribution < 1.29 is 4.79 Å². The average Bonchev–Trinajstić information content (AvgIpc) is 2.80. The van der Waals surface area contributed by atoms with Crippen LogP contribution in [-0.4, -0.2) is 23.9 Å². The number of carbonyl (C=O) groups is 1. The van der Waals surface area contributed by atoms with Crippen LogP contribution in [0.2, 0.25) is 0 Å². The predicted molar refractivity (Wildman–Crippen MR) is 84.8 cm³/mol. The smallest absolute Gasteiger partial charge is 0.230 e. The van der Waals surface area contributed by atoms with Gasteiger partial charge in [-0.1, -0.05) is 49.9 Å². The van der Waals surface area contributed by atoms with Crippen LogP contribution in [0, 0.1) is 5.41 Å². The minimum absolute atomic E-state index is 0.289. The third-order valence-electron chi connectivity index (χ3n) is 5.32. The molecule has 114 valence electrons. The summed E-state index contributed by atoms with van der Waals surface area (Å²) in [4.78, 5) is 15.2. The Bertz CT molecular complexity index is 504. The Morgan fingerprint density at radius 3 is 2.43 bits per heavy atom.